The summed E-state index contributed by atoms with van der Waals surface area (Å²) in [4.78, 5) is 6.48. The average Bonchev–Trinajstić information content (AvgIpc) is 2.41. The molecule has 0 radical (unpaired) electrons. The minimum atomic E-state index is 0.701. The number of aryl methyl sites for hydroxylation is 2. The van der Waals surface area contributed by atoms with E-state index in [1.807, 2.05) is 12.4 Å². The van der Waals surface area contributed by atoms with Crippen molar-refractivity contribution in [1.82, 2.24) is 4.98 Å². The molecule has 19 heavy (non-hydrogen) atoms. The molecule has 2 aromatic rings. The summed E-state index contributed by atoms with van der Waals surface area (Å²) in [6, 6.07) is 10.6. The van der Waals surface area contributed by atoms with Gasteiger partial charge >= 0.3 is 0 Å². The van der Waals surface area contributed by atoms with Crippen LogP contribution >= 0.6 is 0 Å². The fraction of sp³-hybridized carbons (Fsp3) is 0.312. The predicted molar refractivity (Wildman–Crippen MR) is 80.8 cm³/mol. The minimum absolute atomic E-state index is 0.701. The van der Waals surface area contributed by atoms with Crippen LogP contribution < -0.4 is 10.6 Å². The van der Waals surface area contributed by atoms with Gasteiger partial charge in [-0.3, -0.25) is 4.98 Å². The summed E-state index contributed by atoms with van der Waals surface area (Å²) in [5.41, 5.74) is 10.5. The molecule has 0 fully saturated rings. The second kappa shape index (κ2) is 6.34. The Morgan fingerprint density at radius 1 is 1.21 bits per heavy atom. The summed E-state index contributed by atoms with van der Waals surface area (Å²) in [5.74, 6) is 0. The Bertz CT molecular complexity index is 537. The number of hydrogen-bond donors (Lipinski definition) is 1. The van der Waals surface area contributed by atoms with Crippen LogP contribution in [0.3, 0.4) is 0 Å². The smallest absolute Gasteiger partial charge is 0.0471 e. The van der Waals surface area contributed by atoms with Crippen LogP contribution in [0.25, 0.3) is 0 Å². The molecule has 3 nitrogen and oxygen atoms in total. The largest absolute Gasteiger partial charge is 0.341 e. The maximum atomic E-state index is 5.66. The molecule has 0 amide bonds. The topological polar surface area (TPSA) is 42.1 Å². The summed E-state index contributed by atoms with van der Waals surface area (Å²) in [6.45, 7) is 5.83. The minimum Gasteiger partial charge on any atom is -0.341 e. The molecule has 0 atom stereocenters. The molecule has 0 saturated carbocycles. The van der Waals surface area contributed by atoms with Gasteiger partial charge in [-0.1, -0.05) is 12.1 Å². The SMILES string of the molecule is Cc1cccc(N(CCCN)c2ccncc2C)c1. The second-order valence-electron chi connectivity index (χ2n) is 4.80. The third kappa shape index (κ3) is 3.32. The monoisotopic (exact) mass is 255 g/mol. The molecule has 1 heterocycles. The maximum absolute atomic E-state index is 5.66. The first-order valence-electron chi connectivity index (χ1n) is 6.67. The van der Waals surface area contributed by atoms with Gasteiger partial charge < -0.3 is 10.6 Å². The van der Waals surface area contributed by atoms with E-state index in [2.05, 4.69) is 54.1 Å². The molecule has 1 aromatic carbocycles. The van der Waals surface area contributed by atoms with Crippen molar-refractivity contribution in [3.05, 3.63) is 53.9 Å². The molecular weight excluding hydrogens is 234 g/mol. The van der Waals surface area contributed by atoms with Gasteiger partial charge in [0.05, 0.1) is 0 Å². The molecule has 0 spiro atoms. The molecule has 2 N–H and O–H groups in total. The predicted octanol–water partition coefficient (Wildman–Crippen LogP) is 3.19. The van der Waals surface area contributed by atoms with E-state index in [4.69, 9.17) is 5.73 Å². The van der Waals surface area contributed by atoms with E-state index in [0.29, 0.717) is 6.54 Å². The van der Waals surface area contributed by atoms with Gasteiger partial charge in [0, 0.05) is 30.3 Å². The lowest BCUT2D eigenvalue weighted by atomic mass is 10.1. The van der Waals surface area contributed by atoms with Crippen LogP contribution in [0.1, 0.15) is 17.5 Å². The van der Waals surface area contributed by atoms with Crippen molar-refractivity contribution >= 4 is 11.4 Å². The Labute approximate surface area is 115 Å². The Kier molecular flexibility index (Phi) is 4.53. The first kappa shape index (κ1) is 13.6. The van der Waals surface area contributed by atoms with Gasteiger partial charge in [-0.05, 0) is 56.1 Å². The van der Waals surface area contributed by atoms with Gasteiger partial charge in [0.25, 0.3) is 0 Å². The van der Waals surface area contributed by atoms with E-state index >= 15 is 0 Å². The molecule has 2 rings (SSSR count). The van der Waals surface area contributed by atoms with Crippen molar-refractivity contribution in [3.63, 3.8) is 0 Å². The standard InChI is InChI=1S/C16H21N3/c1-13-5-3-6-15(11-13)19(10-4-8-17)16-7-9-18-12-14(16)2/h3,5-7,9,11-12H,4,8,10,17H2,1-2H3. The molecule has 0 unspecified atom stereocenters. The van der Waals surface area contributed by atoms with E-state index in [0.717, 1.165) is 13.0 Å². The Morgan fingerprint density at radius 2 is 2.05 bits per heavy atom. The summed E-state index contributed by atoms with van der Waals surface area (Å²) in [7, 11) is 0. The highest BCUT2D eigenvalue weighted by Crippen LogP contribution is 2.28. The normalized spacial score (nSPS) is 10.5. The maximum Gasteiger partial charge on any atom is 0.0471 e. The van der Waals surface area contributed by atoms with Gasteiger partial charge in [-0.15, -0.1) is 0 Å². The molecule has 0 aliphatic carbocycles. The fourth-order valence-electron chi connectivity index (χ4n) is 2.20. The zero-order chi connectivity index (χ0) is 13.7. The van der Waals surface area contributed by atoms with E-state index < -0.39 is 0 Å². The Morgan fingerprint density at radius 3 is 2.74 bits per heavy atom. The first-order valence-corrected chi connectivity index (χ1v) is 6.67. The lowest BCUT2D eigenvalue weighted by Gasteiger charge is -2.26. The van der Waals surface area contributed by atoms with Crippen molar-refractivity contribution in [3.8, 4) is 0 Å². The summed E-state index contributed by atoms with van der Waals surface area (Å²) >= 11 is 0. The average molecular weight is 255 g/mol. The lowest BCUT2D eigenvalue weighted by Crippen LogP contribution is -2.21. The zero-order valence-corrected chi connectivity index (χ0v) is 11.6. The van der Waals surface area contributed by atoms with E-state index in [-0.39, 0.29) is 0 Å². The lowest BCUT2D eigenvalue weighted by molar-refractivity contribution is 0.815. The van der Waals surface area contributed by atoms with Crippen molar-refractivity contribution in [1.29, 1.82) is 0 Å². The number of pyridine rings is 1. The van der Waals surface area contributed by atoms with Crippen molar-refractivity contribution < 1.29 is 0 Å². The third-order valence-electron chi connectivity index (χ3n) is 3.18. The third-order valence-corrected chi connectivity index (χ3v) is 3.18. The number of hydrogen-bond acceptors (Lipinski definition) is 3. The van der Waals surface area contributed by atoms with Gasteiger partial charge in [0.2, 0.25) is 0 Å². The number of nitrogens with two attached hydrogens (primary N) is 1. The summed E-state index contributed by atoms with van der Waals surface area (Å²) < 4.78 is 0. The summed E-state index contributed by atoms with van der Waals surface area (Å²) in [6.07, 6.45) is 4.71. The van der Waals surface area contributed by atoms with Gasteiger partial charge in [0.1, 0.15) is 0 Å². The Hall–Kier alpha value is -1.87. The van der Waals surface area contributed by atoms with E-state index in [1.54, 1.807) is 0 Å². The fourth-order valence-corrected chi connectivity index (χ4v) is 2.20. The van der Waals surface area contributed by atoms with Crippen LogP contribution in [0.2, 0.25) is 0 Å². The van der Waals surface area contributed by atoms with Crippen molar-refractivity contribution in [2.75, 3.05) is 18.0 Å². The molecule has 0 aliphatic heterocycles. The summed E-state index contributed by atoms with van der Waals surface area (Å²) in [5, 5.41) is 0. The number of benzene rings is 1. The highest BCUT2D eigenvalue weighted by molar-refractivity contribution is 5.66. The molecule has 1 aromatic heterocycles. The van der Waals surface area contributed by atoms with Crippen LogP contribution in [0.15, 0.2) is 42.7 Å². The highest BCUT2D eigenvalue weighted by atomic mass is 15.1. The van der Waals surface area contributed by atoms with Crippen molar-refractivity contribution in [2.45, 2.75) is 20.3 Å². The van der Waals surface area contributed by atoms with Crippen LogP contribution in [0, 0.1) is 13.8 Å². The van der Waals surface area contributed by atoms with Gasteiger partial charge in [0.15, 0.2) is 0 Å². The quantitative estimate of drug-likeness (QED) is 0.892. The molecule has 0 saturated heterocycles. The number of anilines is 2. The molecule has 3 heteroatoms. The molecule has 100 valence electrons. The number of aromatic nitrogens is 1. The first-order chi connectivity index (χ1) is 9.22. The van der Waals surface area contributed by atoms with Gasteiger partial charge in [-0.2, -0.15) is 0 Å². The van der Waals surface area contributed by atoms with Crippen LogP contribution in [-0.4, -0.2) is 18.1 Å². The number of rotatable bonds is 5. The number of nitrogens with zero attached hydrogens (tertiary/aromatic N) is 2. The van der Waals surface area contributed by atoms with E-state index in [9.17, 15) is 0 Å². The van der Waals surface area contributed by atoms with Crippen LogP contribution in [-0.2, 0) is 0 Å². The van der Waals surface area contributed by atoms with Crippen LogP contribution in [0.5, 0.6) is 0 Å². The molecular formula is C16H21N3. The molecule has 0 bridgehead atoms. The van der Waals surface area contributed by atoms with Gasteiger partial charge in [-0.25, -0.2) is 0 Å². The second-order valence-corrected chi connectivity index (χ2v) is 4.80. The van der Waals surface area contributed by atoms with Crippen LogP contribution in [0.4, 0.5) is 11.4 Å². The Balaban J connectivity index is 2.38. The van der Waals surface area contributed by atoms with E-state index in [1.165, 1.54) is 22.5 Å². The highest BCUT2D eigenvalue weighted by Gasteiger charge is 2.11. The zero-order valence-electron chi connectivity index (χ0n) is 11.6. The molecule has 0 aliphatic rings. The van der Waals surface area contributed by atoms with Crippen molar-refractivity contribution in [2.24, 2.45) is 5.73 Å².